The van der Waals surface area contributed by atoms with E-state index in [9.17, 15) is 9.50 Å². The van der Waals surface area contributed by atoms with Gasteiger partial charge in [0, 0.05) is 38.8 Å². The van der Waals surface area contributed by atoms with Gasteiger partial charge in [0.25, 0.3) is 0 Å². The first-order chi connectivity index (χ1) is 11.2. The lowest BCUT2D eigenvalue weighted by Gasteiger charge is -2.27. The number of hydrogen-bond donors (Lipinski definition) is 3. The Kier molecular flexibility index (Phi) is 9.53. The Morgan fingerprint density at radius 3 is 2.88 bits per heavy atom. The SMILES string of the molecule is CN=C(NCCc1cccc(F)c1)NCC1(CCO)CCOC1.I. The molecular formula is C17H27FIN3O2. The molecule has 1 atom stereocenters. The van der Waals surface area contributed by atoms with Crippen molar-refractivity contribution in [3.05, 3.63) is 35.6 Å². The van der Waals surface area contributed by atoms with Gasteiger partial charge in [-0.15, -0.1) is 24.0 Å². The summed E-state index contributed by atoms with van der Waals surface area (Å²) in [6, 6.07) is 6.62. The quantitative estimate of drug-likeness (QED) is 0.337. The number of guanidine groups is 1. The molecule has 0 spiro atoms. The largest absolute Gasteiger partial charge is 0.396 e. The van der Waals surface area contributed by atoms with E-state index in [0.717, 1.165) is 31.4 Å². The number of ether oxygens (including phenoxy) is 1. The Balaban J connectivity index is 0.00000288. The van der Waals surface area contributed by atoms with E-state index < -0.39 is 0 Å². The third kappa shape index (κ3) is 6.52. The molecule has 5 nitrogen and oxygen atoms in total. The molecule has 2 rings (SSSR count). The third-order valence-corrected chi connectivity index (χ3v) is 4.28. The van der Waals surface area contributed by atoms with Crippen molar-refractivity contribution >= 4 is 29.9 Å². The molecule has 1 aromatic carbocycles. The third-order valence-electron chi connectivity index (χ3n) is 4.28. The van der Waals surface area contributed by atoms with Gasteiger partial charge >= 0.3 is 0 Å². The molecule has 1 saturated heterocycles. The summed E-state index contributed by atoms with van der Waals surface area (Å²) in [7, 11) is 1.72. The number of aliphatic hydroxyl groups excluding tert-OH is 1. The van der Waals surface area contributed by atoms with Crippen molar-refractivity contribution in [2.45, 2.75) is 19.3 Å². The van der Waals surface area contributed by atoms with Crippen molar-refractivity contribution < 1.29 is 14.2 Å². The van der Waals surface area contributed by atoms with Crippen LogP contribution >= 0.6 is 24.0 Å². The molecule has 1 aliphatic rings. The molecule has 136 valence electrons. The highest BCUT2D eigenvalue weighted by atomic mass is 127. The molecule has 0 saturated carbocycles. The van der Waals surface area contributed by atoms with E-state index in [1.165, 1.54) is 6.07 Å². The summed E-state index contributed by atoms with van der Waals surface area (Å²) in [5.74, 6) is 0.503. The van der Waals surface area contributed by atoms with Gasteiger partial charge in [-0.05, 0) is 37.0 Å². The number of hydrogen-bond acceptors (Lipinski definition) is 3. The predicted molar refractivity (Wildman–Crippen MR) is 104 cm³/mol. The first kappa shape index (κ1) is 21.1. The van der Waals surface area contributed by atoms with Gasteiger partial charge in [0.2, 0.25) is 0 Å². The topological polar surface area (TPSA) is 65.9 Å². The normalized spacial score (nSPS) is 20.5. The van der Waals surface area contributed by atoms with Gasteiger partial charge < -0.3 is 20.5 Å². The fraction of sp³-hybridized carbons (Fsp3) is 0.588. The molecule has 3 N–H and O–H groups in total. The molecule has 1 aromatic rings. The zero-order valence-electron chi connectivity index (χ0n) is 14.1. The first-order valence-corrected chi connectivity index (χ1v) is 8.05. The summed E-state index contributed by atoms with van der Waals surface area (Å²) in [5, 5.41) is 15.8. The van der Waals surface area contributed by atoms with Crippen LogP contribution in [0, 0.1) is 11.2 Å². The van der Waals surface area contributed by atoms with Crippen LogP contribution in [0.5, 0.6) is 0 Å². The summed E-state index contributed by atoms with van der Waals surface area (Å²) in [6.07, 6.45) is 2.39. The van der Waals surface area contributed by atoms with E-state index in [1.54, 1.807) is 19.2 Å². The van der Waals surface area contributed by atoms with Gasteiger partial charge in [0.1, 0.15) is 5.82 Å². The monoisotopic (exact) mass is 451 g/mol. The highest BCUT2D eigenvalue weighted by molar-refractivity contribution is 14.0. The summed E-state index contributed by atoms with van der Waals surface area (Å²) < 4.78 is 18.6. The van der Waals surface area contributed by atoms with Crippen molar-refractivity contribution in [1.82, 2.24) is 10.6 Å². The van der Waals surface area contributed by atoms with Crippen LogP contribution in [-0.2, 0) is 11.2 Å². The van der Waals surface area contributed by atoms with E-state index in [1.807, 2.05) is 6.07 Å². The van der Waals surface area contributed by atoms with Crippen LogP contribution < -0.4 is 10.6 Å². The van der Waals surface area contributed by atoms with Gasteiger partial charge in [-0.3, -0.25) is 4.99 Å². The van der Waals surface area contributed by atoms with Crippen molar-refractivity contribution in [1.29, 1.82) is 0 Å². The molecule has 0 bridgehead atoms. The summed E-state index contributed by atoms with van der Waals surface area (Å²) in [4.78, 5) is 4.21. The van der Waals surface area contributed by atoms with Gasteiger partial charge in [0.15, 0.2) is 5.96 Å². The van der Waals surface area contributed by atoms with Gasteiger partial charge in [-0.1, -0.05) is 12.1 Å². The molecule has 1 unspecified atom stereocenters. The van der Waals surface area contributed by atoms with Gasteiger partial charge in [-0.2, -0.15) is 0 Å². The minimum Gasteiger partial charge on any atom is -0.396 e. The van der Waals surface area contributed by atoms with Crippen molar-refractivity contribution in [3.8, 4) is 0 Å². The maximum Gasteiger partial charge on any atom is 0.191 e. The highest BCUT2D eigenvalue weighted by Gasteiger charge is 2.34. The fourth-order valence-corrected chi connectivity index (χ4v) is 2.82. The average Bonchev–Trinajstić information content (AvgIpc) is 3.00. The Hall–Kier alpha value is -0.930. The van der Waals surface area contributed by atoms with Crippen LogP contribution in [0.4, 0.5) is 4.39 Å². The maximum absolute atomic E-state index is 13.1. The molecular weight excluding hydrogens is 424 g/mol. The fourth-order valence-electron chi connectivity index (χ4n) is 2.82. The summed E-state index contributed by atoms with van der Waals surface area (Å²) in [6.45, 7) is 2.96. The lowest BCUT2D eigenvalue weighted by molar-refractivity contribution is 0.127. The Morgan fingerprint density at radius 1 is 1.42 bits per heavy atom. The van der Waals surface area contributed by atoms with Gasteiger partial charge in [0.05, 0.1) is 6.61 Å². The highest BCUT2D eigenvalue weighted by Crippen LogP contribution is 2.31. The number of nitrogens with one attached hydrogen (secondary N) is 2. The minimum atomic E-state index is -0.211. The van der Waals surface area contributed by atoms with E-state index in [-0.39, 0.29) is 41.8 Å². The molecule has 7 heteroatoms. The molecule has 0 aromatic heterocycles. The zero-order chi connectivity index (χ0) is 16.5. The van der Waals surface area contributed by atoms with E-state index in [2.05, 4.69) is 15.6 Å². The molecule has 0 amide bonds. The van der Waals surface area contributed by atoms with Crippen LogP contribution in [0.25, 0.3) is 0 Å². The number of halogens is 2. The smallest absolute Gasteiger partial charge is 0.191 e. The number of nitrogens with zero attached hydrogens (tertiary/aromatic N) is 1. The number of aliphatic imine (C=N–C) groups is 1. The van der Waals surface area contributed by atoms with Gasteiger partial charge in [-0.25, -0.2) is 4.39 Å². The standard InChI is InChI=1S/C17H26FN3O2.HI/c1-19-16(20-8-5-14-3-2-4-15(18)11-14)21-12-17(6-9-22)7-10-23-13-17;/h2-4,11,22H,5-10,12-13H2,1H3,(H2,19,20,21);1H. The van der Waals surface area contributed by atoms with Crippen LogP contribution in [-0.4, -0.2) is 51.0 Å². The van der Waals surface area contributed by atoms with E-state index in [0.29, 0.717) is 25.7 Å². The second-order valence-corrected chi connectivity index (χ2v) is 6.01. The van der Waals surface area contributed by atoms with Crippen molar-refractivity contribution in [2.24, 2.45) is 10.4 Å². The van der Waals surface area contributed by atoms with E-state index in [4.69, 9.17) is 4.74 Å². The Morgan fingerprint density at radius 2 is 2.25 bits per heavy atom. The molecule has 1 fully saturated rings. The van der Waals surface area contributed by atoms with E-state index >= 15 is 0 Å². The van der Waals surface area contributed by atoms with Crippen molar-refractivity contribution in [2.75, 3.05) is 40.0 Å². The first-order valence-electron chi connectivity index (χ1n) is 8.05. The molecule has 1 aliphatic heterocycles. The summed E-state index contributed by atoms with van der Waals surface area (Å²) in [5.41, 5.74) is 0.934. The van der Waals surface area contributed by atoms with Crippen molar-refractivity contribution in [3.63, 3.8) is 0 Å². The maximum atomic E-state index is 13.1. The molecule has 1 heterocycles. The second kappa shape index (κ2) is 10.8. The van der Waals surface area contributed by atoms with Crippen LogP contribution in [0.1, 0.15) is 18.4 Å². The van der Waals surface area contributed by atoms with Crippen LogP contribution in [0.2, 0.25) is 0 Å². The van der Waals surface area contributed by atoms with Crippen LogP contribution in [0.15, 0.2) is 29.3 Å². The average molecular weight is 451 g/mol. The number of rotatable bonds is 7. The second-order valence-electron chi connectivity index (χ2n) is 6.01. The summed E-state index contributed by atoms with van der Waals surface area (Å²) >= 11 is 0. The number of aliphatic hydroxyl groups is 1. The molecule has 0 aliphatic carbocycles. The van der Waals surface area contributed by atoms with Crippen LogP contribution in [0.3, 0.4) is 0 Å². The molecule has 24 heavy (non-hydrogen) atoms. The number of benzene rings is 1. The zero-order valence-corrected chi connectivity index (χ0v) is 16.4. The molecule has 0 radical (unpaired) electrons. The Labute approximate surface area is 160 Å². The lowest BCUT2D eigenvalue weighted by Crippen LogP contribution is -2.45. The Bertz CT molecular complexity index is 522. The lowest BCUT2D eigenvalue weighted by atomic mass is 9.84. The predicted octanol–water partition coefficient (Wildman–Crippen LogP) is 1.94. The minimum absolute atomic E-state index is 0.